The monoisotopic (exact) mass is 491 g/mol. The molecule has 1 saturated heterocycles. The van der Waals surface area contributed by atoms with Crippen LogP contribution in [0.5, 0.6) is 0 Å². The molecule has 0 radical (unpaired) electrons. The summed E-state index contributed by atoms with van der Waals surface area (Å²) in [6.45, 7) is 4.96. The predicted octanol–water partition coefficient (Wildman–Crippen LogP) is 2.48. The van der Waals surface area contributed by atoms with Crippen molar-refractivity contribution in [3.05, 3.63) is 0 Å². The Morgan fingerprint density at radius 2 is 1.71 bits per heavy atom. The van der Waals surface area contributed by atoms with Gasteiger partial charge in [0.25, 0.3) is 5.91 Å². The van der Waals surface area contributed by atoms with Gasteiger partial charge in [-0.3, -0.25) is 24.0 Å². The number of hydrogen-bond acceptors (Lipinski definition) is 8. The van der Waals surface area contributed by atoms with E-state index in [9.17, 15) is 24.0 Å². The Labute approximate surface area is 206 Å². The maximum absolute atomic E-state index is 13.8. The van der Waals surface area contributed by atoms with Crippen molar-refractivity contribution in [1.29, 1.82) is 0 Å². The SMILES string of the molecule is COC(=O)[C@@H]1C[C@H](OC(C)=O)C(=O)[C@H]2[C@@]1(C)CC[C@H]1C(=O)O[C@H](C(=O)NC3CCCCC3)C[C@]21C. The Kier molecular flexibility index (Phi) is 6.99. The zero-order valence-corrected chi connectivity index (χ0v) is 21.1. The van der Waals surface area contributed by atoms with Gasteiger partial charge in [-0.2, -0.15) is 0 Å². The molecule has 194 valence electrons. The minimum atomic E-state index is -1.10. The molecule has 0 aromatic rings. The van der Waals surface area contributed by atoms with Crippen LogP contribution >= 0.6 is 0 Å². The van der Waals surface area contributed by atoms with Crippen LogP contribution < -0.4 is 5.32 Å². The summed E-state index contributed by atoms with van der Waals surface area (Å²) < 4.78 is 16.1. The normalized spacial score (nSPS) is 39.5. The Morgan fingerprint density at radius 3 is 2.34 bits per heavy atom. The first-order valence-electron chi connectivity index (χ1n) is 12.8. The van der Waals surface area contributed by atoms with Crippen molar-refractivity contribution in [2.75, 3.05) is 7.11 Å². The standard InChI is InChI=1S/C26H37NO8/c1-14(28)34-18-12-17(23(31)33-4)25(2)11-10-16-24(32)35-19(13-26(16,3)21(25)20(18)29)22(30)27-15-8-6-5-7-9-15/h15-19,21H,5-13H2,1-4H3,(H,27,30)/t16-,17-,18-,19-,21-,25-,26-/m0/s1. The number of rotatable bonds is 4. The molecule has 0 bridgehead atoms. The molecule has 3 saturated carbocycles. The summed E-state index contributed by atoms with van der Waals surface area (Å²) in [6.07, 6.45) is 4.06. The van der Waals surface area contributed by atoms with Gasteiger partial charge in [0.1, 0.15) is 0 Å². The molecular formula is C26H37NO8. The lowest BCUT2D eigenvalue weighted by Crippen LogP contribution is -2.66. The van der Waals surface area contributed by atoms with Gasteiger partial charge in [-0.05, 0) is 36.5 Å². The lowest BCUT2D eigenvalue weighted by atomic mass is 9.43. The molecule has 0 aromatic carbocycles. The van der Waals surface area contributed by atoms with Crippen molar-refractivity contribution in [2.24, 2.45) is 28.6 Å². The molecule has 4 fully saturated rings. The molecule has 35 heavy (non-hydrogen) atoms. The second-order valence-corrected chi connectivity index (χ2v) is 11.3. The molecule has 0 aromatic heterocycles. The number of methoxy groups -OCH3 is 1. The maximum atomic E-state index is 13.8. The van der Waals surface area contributed by atoms with E-state index in [1.54, 1.807) is 0 Å². The van der Waals surface area contributed by atoms with Crippen molar-refractivity contribution in [1.82, 2.24) is 5.32 Å². The number of hydrogen-bond donors (Lipinski definition) is 1. The minimum Gasteiger partial charge on any atom is -0.469 e. The fourth-order valence-corrected chi connectivity index (χ4v) is 7.51. The first-order chi connectivity index (χ1) is 16.5. The molecule has 3 aliphatic carbocycles. The van der Waals surface area contributed by atoms with Crippen LogP contribution in [0.3, 0.4) is 0 Å². The summed E-state index contributed by atoms with van der Waals surface area (Å²) in [6, 6.07) is 0.0606. The van der Waals surface area contributed by atoms with Crippen LogP contribution in [-0.2, 0) is 38.2 Å². The minimum absolute atomic E-state index is 0.0505. The molecule has 4 aliphatic rings. The van der Waals surface area contributed by atoms with Gasteiger partial charge < -0.3 is 19.5 Å². The van der Waals surface area contributed by atoms with Crippen LogP contribution in [0.25, 0.3) is 0 Å². The number of amides is 1. The highest BCUT2D eigenvalue weighted by atomic mass is 16.6. The summed E-state index contributed by atoms with van der Waals surface area (Å²) >= 11 is 0. The number of esters is 3. The van der Waals surface area contributed by atoms with Crippen molar-refractivity contribution < 1.29 is 38.2 Å². The van der Waals surface area contributed by atoms with Gasteiger partial charge in [-0.1, -0.05) is 33.1 Å². The van der Waals surface area contributed by atoms with E-state index < -0.39 is 58.7 Å². The summed E-state index contributed by atoms with van der Waals surface area (Å²) in [5.74, 6) is -4.22. The van der Waals surface area contributed by atoms with Crippen LogP contribution in [0.2, 0.25) is 0 Å². The molecule has 7 atom stereocenters. The summed E-state index contributed by atoms with van der Waals surface area (Å²) in [4.78, 5) is 64.8. The molecule has 9 heteroatoms. The number of ether oxygens (including phenoxy) is 3. The Bertz CT molecular complexity index is 911. The number of nitrogens with one attached hydrogen (secondary N) is 1. The van der Waals surface area contributed by atoms with E-state index in [0.29, 0.717) is 12.8 Å². The average molecular weight is 492 g/mol. The molecular weight excluding hydrogens is 454 g/mol. The van der Waals surface area contributed by atoms with Crippen molar-refractivity contribution in [2.45, 2.75) is 96.8 Å². The number of fused-ring (bicyclic) bond motifs is 3. The predicted molar refractivity (Wildman–Crippen MR) is 123 cm³/mol. The van der Waals surface area contributed by atoms with Gasteiger partial charge in [0.05, 0.1) is 18.9 Å². The second-order valence-electron chi connectivity index (χ2n) is 11.3. The summed E-state index contributed by atoms with van der Waals surface area (Å²) in [5.41, 5.74) is -1.73. The Balaban J connectivity index is 1.67. The Hall–Kier alpha value is -2.45. The lowest BCUT2D eigenvalue weighted by molar-refractivity contribution is -0.210. The molecule has 4 rings (SSSR count). The number of carbonyl (C=O) groups is 5. The number of carbonyl (C=O) groups excluding carboxylic acids is 5. The van der Waals surface area contributed by atoms with Gasteiger partial charge in [0.2, 0.25) is 0 Å². The van der Waals surface area contributed by atoms with E-state index in [1.807, 2.05) is 13.8 Å². The molecule has 1 heterocycles. The molecule has 1 aliphatic heterocycles. The van der Waals surface area contributed by atoms with Crippen LogP contribution in [0, 0.1) is 28.6 Å². The van der Waals surface area contributed by atoms with E-state index in [1.165, 1.54) is 14.0 Å². The van der Waals surface area contributed by atoms with Crippen LogP contribution in [0.1, 0.15) is 78.6 Å². The van der Waals surface area contributed by atoms with Crippen molar-refractivity contribution in [3.8, 4) is 0 Å². The van der Waals surface area contributed by atoms with Crippen LogP contribution in [-0.4, -0.2) is 55.0 Å². The summed E-state index contributed by atoms with van der Waals surface area (Å²) in [7, 11) is 1.30. The molecule has 1 amide bonds. The van der Waals surface area contributed by atoms with Crippen LogP contribution in [0.4, 0.5) is 0 Å². The first kappa shape index (κ1) is 25.6. The Morgan fingerprint density at radius 1 is 1.03 bits per heavy atom. The highest BCUT2D eigenvalue weighted by molar-refractivity contribution is 5.94. The third kappa shape index (κ3) is 4.47. The van der Waals surface area contributed by atoms with Gasteiger partial charge in [0, 0.05) is 31.7 Å². The summed E-state index contributed by atoms with van der Waals surface area (Å²) in [5, 5.41) is 3.04. The fraction of sp³-hybridized carbons (Fsp3) is 0.808. The third-order valence-corrected chi connectivity index (χ3v) is 9.14. The van der Waals surface area contributed by atoms with Gasteiger partial charge >= 0.3 is 17.9 Å². The zero-order chi connectivity index (χ0) is 25.5. The van der Waals surface area contributed by atoms with Gasteiger partial charge in [0.15, 0.2) is 18.0 Å². The third-order valence-electron chi connectivity index (χ3n) is 9.14. The smallest absolute Gasteiger partial charge is 0.310 e. The molecule has 1 N–H and O–H groups in total. The van der Waals surface area contributed by atoms with Crippen molar-refractivity contribution in [3.63, 3.8) is 0 Å². The number of cyclic esters (lactones) is 1. The fourth-order valence-electron chi connectivity index (χ4n) is 7.51. The molecule has 0 spiro atoms. The van der Waals surface area contributed by atoms with Crippen LogP contribution in [0.15, 0.2) is 0 Å². The van der Waals surface area contributed by atoms with E-state index >= 15 is 0 Å². The van der Waals surface area contributed by atoms with Gasteiger partial charge in [-0.25, -0.2) is 0 Å². The van der Waals surface area contributed by atoms with E-state index in [2.05, 4.69) is 5.32 Å². The average Bonchev–Trinajstić information content (AvgIpc) is 2.80. The second kappa shape index (κ2) is 9.54. The van der Waals surface area contributed by atoms with E-state index in [-0.39, 0.29) is 30.6 Å². The highest BCUT2D eigenvalue weighted by Crippen LogP contribution is 2.64. The number of Topliss-reactive ketones (excluding diaryl/α,β-unsaturated/α-hetero) is 1. The highest BCUT2D eigenvalue weighted by Gasteiger charge is 2.68. The lowest BCUT2D eigenvalue weighted by Gasteiger charge is -2.60. The molecule has 0 unspecified atom stereocenters. The van der Waals surface area contributed by atoms with E-state index in [0.717, 1.165) is 32.1 Å². The van der Waals surface area contributed by atoms with Crippen molar-refractivity contribution >= 4 is 29.6 Å². The quantitative estimate of drug-likeness (QED) is 0.470. The number of ketones is 1. The largest absolute Gasteiger partial charge is 0.469 e. The topological polar surface area (TPSA) is 125 Å². The first-order valence-corrected chi connectivity index (χ1v) is 12.8. The maximum Gasteiger partial charge on any atom is 0.310 e. The molecule has 9 nitrogen and oxygen atoms in total. The van der Waals surface area contributed by atoms with Gasteiger partial charge in [-0.15, -0.1) is 0 Å². The zero-order valence-electron chi connectivity index (χ0n) is 21.1. The van der Waals surface area contributed by atoms with E-state index in [4.69, 9.17) is 14.2 Å².